The maximum atomic E-state index is 8.90. The van der Waals surface area contributed by atoms with Crippen LogP contribution >= 0.6 is 0 Å². The molecule has 0 atom stereocenters. The molecule has 0 aliphatic carbocycles. The topological polar surface area (TPSA) is 39.1 Å². The highest BCUT2D eigenvalue weighted by atomic mass is 15.1. The number of benzene rings is 2. The second-order valence-corrected chi connectivity index (χ2v) is 5.06. The van der Waals surface area contributed by atoms with Crippen LogP contribution in [-0.4, -0.2) is 14.1 Å². The second-order valence-electron chi connectivity index (χ2n) is 5.06. The fraction of sp³-hybridized carbons (Fsp3) is 0.235. The van der Waals surface area contributed by atoms with Crippen LogP contribution in [0.4, 0.5) is 11.4 Å². The van der Waals surface area contributed by atoms with Crippen LogP contribution in [0.5, 0.6) is 0 Å². The van der Waals surface area contributed by atoms with Crippen molar-refractivity contribution in [3.8, 4) is 6.07 Å². The minimum absolute atomic E-state index is 0.696. The molecule has 2 aromatic carbocycles. The van der Waals surface area contributed by atoms with Crippen molar-refractivity contribution in [2.24, 2.45) is 0 Å². The van der Waals surface area contributed by atoms with Gasteiger partial charge in [-0.05, 0) is 42.3 Å². The molecule has 0 heterocycles. The molecule has 0 amide bonds. The molecule has 0 aromatic heterocycles. The standard InChI is InChI=1S/C17H19N3/c1-13-7-8-16(10-17(13)20(2)3)19-12-15-6-4-5-14(9-15)11-18/h4-10,19H,12H2,1-3H3. The van der Waals surface area contributed by atoms with Crippen LogP contribution in [-0.2, 0) is 6.54 Å². The minimum atomic E-state index is 0.696. The van der Waals surface area contributed by atoms with Crippen LogP contribution in [0.3, 0.4) is 0 Å². The summed E-state index contributed by atoms with van der Waals surface area (Å²) in [6, 6.07) is 16.2. The van der Waals surface area contributed by atoms with Crippen molar-refractivity contribution in [2.75, 3.05) is 24.3 Å². The maximum Gasteiger partial charge on any atom is 0.0991 e. The Morgan fingerprint density at radius 2 is 1.95 bits per heavy atom. The Labute approximate surface area is 120 Å². The number of nitriles is 1. The smallest absolute Gasteiger partial charge is 0.0991 e. The Morgan fingerprint density at radius 3 is 2.65 bits per heavy atom. The third-order valence-corrected chi connectivity index (χ3v) is 3.24. The van der Waals surface area contributed by atoms with Gasteiger partial charge in [0.1, 0.15) is 0 Å². The number of anilines is 2. The number of nitrogens with zero attached hydrogens (tertiary/aromatic N) is 2. The van der Waals surface area contributed by atoms with Crippen LogP contribution in [0.2, 0.25) is 0 Å². The molecular weight excluding hydrogens is 246 g/mol. The quantitative estimate of drug-likeness (QED) is 0.919. The first kappa shape index (κ1) is 14.0. The molecule has 0 saturated heterocycles. The fourth-order valence-corrected chi connectivity index (χ4v) is 2.16. The van der Waals surface area contributed by atoms with Gasteiger partial charge < -0.3 is 10.2 Å². The van der Waals surface area contributed by atoms with Gasteiger partial charge in [-0.2, -0.15) is 5.26 Å². The SMILES string of the molecule is Cc1ccc(NCc2cccc(C#N)c2)cc1N(C)C. The van der Waals surface area contributed by atoms with Gasteiger partial charge in [0.25, 0.3) is 0 Å². The Hall–Kier alpha value is -2.47. The molecule has 102 valence electrons. The van der Waals surface area contributed by atoms with Gasteiger partial charge in [0, 0.05) is 32.0 Å². The summed E-state index contributed by atoms with van der Waals surface area (Å²) in [6.45, 7) is 2.82. The molecule has 0 aliphatic rings. The summed E-state index contributed by atoms with van der Waals surface area (Å²) in [7, 11) is 4.09. The van der Waals surface area contributed by atoms with Crippen molar-refractivity contribution < 1.29 is 0 Å². The molecule has 0 unspecified atom stereocenters. The lowest BCUT2D eigenvalue weighted by Crippen LogP contribution is -2.11. The highest BCUT2D eigenvalue weighted by Gasteiger charge is 2.02. The van der Waals surface area contributed by atoms with E-state index >= 15 is 0 Å². The van der Waals surface area contributed by atoms with Crippen molar-refractivity contribution >= 4 is 11.4 Å². The molecular formula is C17H19N3. The third kappa shape index (κ3) is 3.30. The van der Waals surface area contributed by atoms with Gasteiger partial charge in [-0.3, -0.25) is 0 Å². The van der Waals surface area contributed by atoms with Crippen molar-refractivity contribution in [2.45, 2.75) is 13.5 Å². The van der Waals surface area contributed by atoms with E-state index in [-0.39, 0.29) is 0 Å². The van der Waals surface area contributed by atoms with E-state index < -0.39 is 0 Å². The van der Waals surface area contributed by atoms with Crippen LogP contribution < -0.4 is 10.2 Å². The van der Waals surface area contributed by atoms with Gasteiger partial charge in [0.15, 0.2) is 0 Å². The van der Waals surface area contributed by atoms with Crippen LogP contribution in [0.15, 0.2) is 42.5 Å². The summed E-state index contributed by atoms with van der Waals surface area (Å²) in [5.41, 5.74) is 5.35. The molecule has 0 spiro atoms. The Balaban J connectivity index is 2.11. The zero-order chi connectivity index (χ0) is 14.5. The van der Waals surface area contributed by atoms with Gasteiger partial charge in [-0.25, -0.2) is 0 Å². The lowest BCUT2D eigenvalue weighted by atomic mass is 10.1. The van der Waals surface area contributed by atoms with E-state index in [4.69, 9.17) is 5.26 Å². The number of hydrogen-bond acceptors (Lipinski definition) is 3. The lowest BCUT2D eigenvalue weighted by Gasteiger charge is -2.17. The summed E-state index contributed by atoms with van der Waals surface area (Å²) in [6.07, 6.45) is 0. The minimum Gasteiger partial charge on any atom is -0.381 e. The van der Waals surface area contributed by atoms with Crippen molar-refractivity contribution in [3.05, 3.63) is 59.2 Å². The Kier molecular flexibility index (Phi) is 4.27. The monoisotopic (exact) mass is 265 g/mol. The van der Waals surface area contributed by atoms with Gasteiger partial charge in [0.05, 0.1) is 11.6 Å². The summed E-state index contributed by atoms with van der Waals surface area (Å²) in [5.74, 6) is 0. The molecule has 0 aliphatic heterocycles. The van der Waals surface area contributed by atoms with E-state index in [1.54, 1.807) is 0 Å². The molecule has 0 fully saturated rings. The predicted molar refractivity (Wildman–Crippen MR) is 84.0 cm³/mol. The van der Waals surface area contributed by atoms with Crippen molar-refractivity contribution in [3.63, 3.8) is 0 Å². The summed E-state index contributed by atoms with van der Waals surface area (Å²) in [5, 5.41) is 12.3. The third-order valence-electron chi connectivity index (χ3n) is 3.24. The lowest BCUT2D eigenvalue weighted by molar-refractivity contribution is 1.10. The molecule has 3 heteroatoms. The van der Waals surface area contributed by atoms with Gasteiger partial charge in [-0.15, -0.1) is 0 Å². The average Bonchev–Trinajstić information content (AvgIpc) is 2.46. The fourth-order valence-electron chi connectivity index (χ4n) is 2.16. The van der Waals surface area contributed by atoms with Crippen LogP contribution in [0, 0.1) is 18.3 Å². The molecule has 0 bridgehead atoms. The molecule has 1 N–H and O–H groups in total. The number of hydrogen-bond donors (Lipinski definition) is 1. The summed E-state index contributed by atoms with van der Waals surface area (Å²) < 4.78 is 0. The van der Waals surface area contributed by atoms with E-state index in [0.717, 1.165) is 11.3 Å². The van der Waals surface area contributed by atoms with Gasteiger partial charge in [0.2, 0.25) is 0 Å². The molecule has 0 radical (unpaired) electrons. The molecule has 2 aromatic rings. The highest BCUT2D eigenvalue weighted by molar-refractivity contribution is 5.62. The maximum absolute atomic E-state index is 8.90. The molecule has 2 rings (SSSR count). The number of rotatable bonds is 4. The van der Waals surface area contributed by atoms with E-state index in [1.807, 2.05) is 38.4 Å². The van der Waals surface area contributed by atoms with E-state index in [2.05, 4.69) is 41.4 Å². The van der Waals surface area contributed by atoms with Crippen LogP contribution in [0.25, 0.3) is 0 Å². The largest absolute Gasteiger partial charge is 0.381 e. The Bertz CT molecular complexity index is 639. The second kappa shape index (κ2) is 6.12. The highest BCUT2D eigenvalue weighted by Crippen LogP contribution is 2.22. The van der Waals surface area contributed by atoms with Crippen LogP contribution in [0.1, 0.15) is 16.7 Å². The zero-order valence-electron chi connectivity index (χ0n) is 12.1. The molecule has 0 saturated carbocycles. The Morgan fingerprint density at radius 1 is 1.15 bits per heavy atom. The van der Waals surface area contributed by atoms with E-state index in [0.29, 0.717) is 12.1 Å². The average molecular weight is 265 g/mol. The van der Waals surface area contributed by atoms with Crippen molar-refractivity contribution in [1.82, 2.24) is 0 Å². The summed E-state index contributed by atoms with van der Waals surface area (Å²) >= 11 is 0. The van der Waals surface area contributed by atoms with E-state index in [1.165, 1.54) is 11.3 Å². The first-order chi connectivity index (χ1) is 9.60. The van der Waals surface area contributed by atoms with Gasteiger partial charge in [-0.1, -0.05) is 18.2 Å². The summed E-state index contributed by atoms with van der Waals surface area (Å²) in [4.78, 5) is 2.11. The van der Waals surface area contributed by atoms with E-state index in [9.17, 15) is 0 Å². The number of aryl methyl sites for hydroxylation is 1. The number of nitrogens with one attached hydrogen (secondary N) is 1. The van der Waals surface area contributed by atoms with Gasteiger partial charge >= 0.3 is 0 Å². The normalized spacial score (nSPS) is 9.90. The predicted octanol–water partition coefficient (Wildman–Crippen LogP) is 3.54. The molecule has 20 heavy (non-hydrogen) atoms. The van der Waals surface area contributed by atoms with Crippen molar-refractivity contribution in [1.29, 1.82) is 5.26 Å². The molecule has 3 nitrogen and oxygen atoms in total. The first-order valence-corrected chi connectivity index (χ1v) is 6.61. The zero-order valence-corrected chi connectivity index (χ0v) is 12.1. The first-order valence-electron chi connectivity index (χ1n) is 6.61.